The van der Waals surface area contributed by atoms with Gasteiger partial charge in [-0.15, -0.1) is 0 Å². The molecule has 1 fully saturated rings. The van der Waals surface area contributed by atoms with Gasteiger partial charge in [-0.2, -0.15) is 0 Å². The molecule has 40 heavy (non-hydrogen) atoms. The van der Waals surface area contributed by atoms with Gasteiger partial charge in [0.1, 0.15) is 22.8 Å². The van der Waals surface area contributed by atoms with Crippen molar-refractivity contribution in [2.45, 2.75) is 31.4 Å². The number of phenols is 1. The predicted octanol–water partition coefficient (Wildman–Crippen LogP) is 2.70. The highest BCUT2D eigenvalue weighted by molar-refractivity contribution is 6.25. The number of benzene rings is 2. The van der Waals surface area contributed by atoms with E-state index in [0.29, 0.717) is 5.56 Å². The molecule has 2 aromatic rings. The third kappa shape index (κ3) is 3.96. The molecule has 0 unspecified atom stereocenters. The molecule has 2 aromatic carbocycles. The Balaban J connectivity index is 1.66. The summed E-state index contributed by atoms with van der Waals surface area (Å²) in [6.07, 6.45) is 4.10. The molecular weight excluding hydrogens is 512 g/mol. The van der Waals surface area contributed by atoms with E-state index in [1.54, 1.807) is 20.2 Å². The van der Waals surface area contributed by atoms with Gasteiger partial charge in [-0.3, -0.25) is 19.3 Å². The van der Waals surface area contributed by atoms with E-state index in [2.05, 4.69) is 5.32 Å². The Morgan fingerprint density at radius 3 is 2.35 bits per heavy atom. The van der Waals surface area contributed by atoms with E-state index in [-0.39, 0.29) is 29.7 Å². The average Bonchev–Trinajstić information content (AvgIpc) is 2.91. The smallest absolute Gasteiger partial charge is 0.258 e. The molecule has 0 aromatic heterocycles. The van der Waals surface area contributed by atoms with Crippen molar-refractivity contribution in [1.29, 1.82) is 0 Å². The van der Waals surface area contributed by atoms with E-state index in [1.165, 1.54) is 18.0 Å². The molecule has 1 saturated carbocycles. The van der Waals surface area contributed by atoms with E-state index in [4.69, 9.17) is 0 Å². The maximum Gasteiger partial charge on any atom is 0.258 e. The molecule has 0 aliphatic heterocycles. The first kappa shape index (κ1) is 27.4. The lowest BCUT2D eigenvalue weighted by Gasteiger charge is -2.50. The quantitative estimate of drug-likeness (QED) is 0.292. The zero-order valence-corrected chi connectivity index (χ0v) is 22.7. The number of Topliss-reactive ketones (excluding diaryl/α,β-unsaturated/α-hetero) is 2. The fraction of sp³-hybridized carbons (Fsp3) is 0.323. The van der Waals surface area contributed by atoms with Crippen LogP contribution in [0.4, 0.5) is 0 Å². The normalized spacial score (nSPS) is 26.2. The number of aromatic hydroxyl groups is 1. The largest absolute Gasteiger partial charge is 0.508 e. The number of ketones is 2. The van der Waals surface area contributed by atoms with Gasteiger partial charge in [0.15, 0.2) is 11.4 Å². The summed E-state index contributed by atoms with van der Waals surface area (Å²) < 4.78 is 0. The number of carbonyl (C=O) groups excluding carboxylic acids is 3. The van der Waals surface area contributed by atoms with Gasteiger partial charge < -0.3 is 25.7 Å². The Bertz CT molecular complexity index is 1530. The highest BCUT2D eigenvalue weighted by atomic mass is 16.3. The van der Waals surface area contributed by atoms with Crippen molar-refractivity contribution < 1.29 is 34.8 Å². The number of nitrogens with one attached hydrogen (secondary N) is 1. The highest BCUT2D eigenvalue weighted by Gasteiger charge is 2.64. The number of amides is 1. The summed E-state index contributed by atoms with van der Waals surface area (Å²) in [5.41, 5.74) is 0.0993. The van der Waals surface area contributed by atoms with Crippen LogP contribution in [-0.4, -0.2) is 75.6 Å². The molecule has 0 saturated heterocycles. The third-order valence-electron chi connectivity index (χ3n) is 8.38. The summed E-state index contributed by atoms with van der Waals surface area (Å²) in [4.78, 5) is 41.5. The topological polar surface area (TPSA) is 147 Å². The van der Waals surface area contributed by atoms with Crippen LogP contribution in [0.25, 0.3) is 17.9 Å². The van der Waals surface area contributed by atoms with Crippen LogP contribution in [0, 0.1) is 18.8 Å². The maximum atomic E-state index is 14.0. The fourth-order valence-electron chi connectivity index (χ4n) is 6.39. The molecule has 4 atom stereocenters. The minimum absolute atomic E-state index is 0.0670. The monoisotopic (exact) mass is 544 g/mol. The van der Waals surface area contributed by atoms with E-state index in [9.17, 15) is 34.8 Å². The standard InChI is InChI=1S/C31H32N2O7/c1-15-5-7-16(8-6-15)9-10-17-11-12-21(34)23-19(17)13-18-14-20-25(33(3)4)27(36)24(30(39)32-2)29(38)31(20,40)28(37)22(18)26(23)35/h5-12,18,20,25,34-35,38,40H,13-14H2,1-4H3,(H,32,39)/b10-9+/t18-,20-,25-,31-/m0/s1. The number of carbonyl (C=O) groups is 3. The van der Waals surface area contributed by atoms with Gasteiger partial charge in [0.25, 0.3) is 5.91 Å². The third-order valence-corrected chi connectivity index (χ3v) is 8.38. The van der Waals surface area contributed by atoms with Crippen molar-refractivity contribution in [2.24, 2.45) is 11.8 Å². The summed E-state index contributed by atoms with van der Waals surface area (Å²) in [6.45, 7) is 2.00. The Morgan fingerprint density at radius 1 is 1.05 bits per heavy atom. The van der Waals surface area contributed by atoms with E-state index < -0.39 is 58.0 Å². The first-order valence-electron chi connectivity index (χ1n) is 13.1. The van der Waals surface area contributed by atoms with Gasteiger partial charge in [0.05, 0.1) is 11.6 Å². The van der Waals surface area contributed by atoms with Crippen molar-refractivity contribution in [1.82, 2.24) is 10.2 Å². The van der Waals surface area contributed by atoms with Crippen LogP contribution in [-0.2, 0) is 20.8 Å². The van der Waals surface area contributed by atoms with Gasteiger partial charge in [-0.25, -0.2) is 0 Å². The van der Waals surface area contributed by atoms with E-state index >= 15 is 0 Å². The number of aliphatic hydroxyl groups is 3. The fourth-order valence-corrected chi connectivity index (χ4v) is 6.39. The van der Waals surface area contributed by atoms with Gasteiger partial charge in [-0.1, -0.05) is 48.0 Å². The number of aryl methyl sites for hydroxylation is 1. The molecule has 9 heteroatoms. The highest BCUT2D eigenvalue weighted by Crippen LogP contribution is 2.53. The summed E-state index contributed by atoms with van der Waals surface area (Å²) in [5, 5.41) is 47.3. The number of fused-ring (bicyclic) bond motifs is 3. The lowest BCUT2D eigenvalue weighted by atomic mass is 9.57. The Hall–Kier alpha value is -4.21. The predicted molar refractivity (Wildman–Crippen MR) is 149 cm³/mol. The maximum absolute atomic E-state index is 14.0. The number of rotatable bonds is 4. The molecule has 0 bridgehead atoms. The van der Waals surface area contributed by atoms with Gasteiger partial charge in [0.2, 0.25) is 5.78 Å². The van der Waals surface area contributed by atoms with Crippen LogP contribution in [0.3, 0.4) is 0 Å². The Labute approximate surface area is 231 Å². The summed E-state index contributed by atoms with van der Waals surface area (Å²) >= 11 is 0. The lowest BCUT2D eigenvalue weighted by Crippen LogP contribution is -2.65. The van der Waals surface area contributed by atoms with Crippen LogP contribution in [0.15, 0.2) is 53.3 Å². The molecule has 3 aliphatic carbocycles. The van der Waals surface area contributed by atoms with E-state index in [1.807, 2.05) is 43.3 Å². The van der Waals surface area contributed by atoms with Crippen molar-refractivity contribution in [3.8, 4) is 5.75 Å². The lowest BCUT2D eigenvalue weighted by molar-refractivity contribution is -0.153. The molecule has 9 nitrogen and oxygen atoms in total. The van der Waals surface area contributed by atoms with Crippen molar-refractivity contribution >= 4 is 35.4 Å². The Kier molecular flexibility index (Phi) is 6.68. The minimum atomic E-state index is -2.61. The van der Waals surface area contributed by atoms with Crippen molar-refractivity contribution in [2.75, 3.05) is 21.1 Å². The SMILES string of the molecule is CNC(=O)C1=C(O)[C@@]2(O)C(=O)C3=C(O)c4c(O)ccc(/C=C/c5ccc(C)cc5)c4C[C@H]3C[C@H]2[C@H](N(C)C)C1=O. The minimum Gasteiger partial charge on any atom is -0.508 e. The van der Waals surface area contributed by atoms with Crippen LogP contribution in [0.1, 0.15) is 34.2 Å². The van der Waals surface area contributed by atoms with Crippen molar-refractivity contribution in [3.05, 3.63) is 81.1 Å². The average molecular weight is 545 g/mol. The second kappa shape index (κ2) is 9.76. The zero-order chi connectivity index (χ0) is 29.1. The van der Waals surface area contributed by atoms with Crippen LogP contribution < -0.4 is 5.32 Å². The molecule has 3 aliphatic rings. The molecule has 0 heterocycles. The zero-order valence-electron chi connectivity index (χ0n) is 22.7. The van der Waals surface area contributed by atoms with Gasteiger partial charge >= 0.3 is 0 Å². The van der Waals surface area contributed by atoms with Gasteiger partial charge in [-0.05, 0) is 62.5 Å². The second-order valence-electron chi connectivity index (χ2n) is 10.9. The number of likely N-dealkylation sites (N-methyl/N-ethyl adjacent to an activating group) is 2. The van der Waals surface area contributed by atoms with Crippen LogP contribution in [0.2, 0.25) is 0 Å². The van der Waals surface area contributed by atoms with Crippen molar-refractivity contribution in [3.63, 3.8) is 0 Å². The molecule has 0 spiro atoms. The molecule has 5 N–H and O–H groups in total. The number of phenolic OH excluding ortho intramolecular Hbond substituents is 1. The van der Waals surface area contributed by atoms with Crippen LogP contribution >= 0.6 is 0 Å². The first-order chi connectivity index (χ1) is 18.9. The summed E-state index contributed by atoms with van der Waals surface area (Å²) in [6, 6.07) is 10.0. The second-order valence-corrected chi connectivity index (χ2v) is 10.9. The molecule has 1 amide bonds. The molecule has 208 valence electrons. The van der Waals surface area contributed by atoms with Crippen LogP contribution in [0.5, 0.6) is 5.75 Å². The summed E-state index contributed by atoms with van der Waals surface area (Å²) in [7, 11) is 4.47. The molecule has 5 rings (SSSR count). The Morgan fingerprint density at radius 2 is 1.73 bits per heavy atom. The number of aliphatic hydroxyl groups excluding tert-OH is 2. The van der Waals surface area contributed by atoms with Gasteiger partial charge in [0, 0.05) is 18.5 Å². The number of hydrogen-bond acceptors (Lipinski definition) is 8. The summed E-state index contributed by atoms with van der Waals surface area (Å²) in [5.74, 6) is -6.04. The molecule has 0 radical (unpaired) electrons. The first-order valence-corrected chi connectivity index (χ1v) is 13.1. The van der Waals surface area contributed by atoms with E-state index in [0.717, 1.165) is 16.7 Å². The molecular formula is C31H32N2O7. The number of hydrogen-bond donors (Lipinski definition) is 5. The number of nitrogens with zero attached hydrogens (tertiary/aromatic N) is 1.